The normalized spacial score (nSPS) is 12.2. The van der Waals surface area contributed by atoms with Gasteiger partial charge in [0, 0.05) is 0 Å². The molecule has 0 fully saturated rings. The molecule has 0 amide bonds. The van der Waals surface area contributed by atoms with E-state index in [-0.39, 0.29) is 18.4 Å². The Morgan fingerprint density at radius 1 is 1.05 bits per heavy atom. The molecule has 20 heavy (non-hydrogen) atoms. The molecule has 1 atom stereocenters. The Bertz CT molecular complexity index is 545. The van der Waals surface area contributed by atoms with Crippen LogP contribution in [0.25, 0.3) is 0 Å². The first-order valence-electron chi connectivity index (χ1n) is 6.57. The molecule has 0 aromatic heterocycles. The summed E-state index contributed by atoms with van der Waals surface area (Å²) in [6.45, 7) is 2.98. The molecular formula is C16H17F2NO. The SMILES string of the molecule is CCNC(COc1cccc(F)c1F)c1ccccc1. The summed E-state index contributed by atoms with van der Waals surface area (Å²) in [7, 11) is 0. The molecule has 0 radical (unpaired) electrons. The summed E-state index contributed by atoms with van der Waals surface area (Å²) in [5.41, 5.74) is 1.05. The minimum Gasteiger partial charge on any atom is -0.488 e. The molecule has 2 aromatic carbocycles. The van der Waals surface area contributed by atoms with Crippen molar-refractivity contribution in [2.45, 2.75) is 13.0 Å². The average molecular weight is 277 g/mol. The summed E-state index contributed by atoms with van der Waals surface area (Å²) in [6.07, 6.45) is 0. The third kappa shape index (κ3) is 3.54. The summed E-state index contributed by atoms with van der Waals surface area (Å²) in [4.78, 5) is 0. The Balaban J connectivity index is 2.08. The van der Waals surface area contributed by atoms with Crippen molar-refractivity contribution in [3.63, 3.8) is 0 Å². The van der Waals surface area contributed by atoms with Gasteiger partial charge in [-0.2, -0.15) is 4.39 Å². The van der Waals surface area contributed by atoms with E-state index in [2.05, 4.69) is 5.32 Å². The van der Waals surface area contributed by atoms with Gasteiger partial charge in [0.1, 0.15) is 6.61 Å². The largest absolute Gasteiger partial charge is 0.488 e. The maximum Gasteiger partial charge on any atom is 0.200 e. The van der Waals surface area contributed by atoms with Crippen LogP contribution in [0.1, 0.15) is 18.5 Å². The van der Waals surface area contributed by atoms with Crippen molar-refractivity contribution in [3.05, 3.63) is 65.7 Å². The molecule has 2 rings (SSSR count). The molecule has 2 aromatic rings. The molecule has 0 bridgehead atoms. The van der Waals surface area contributed by atoms with Crippen molar-refractivity contribution in [3.8, 4) is 5.75 Å². The monoisotopic (exact) mass is 277 g/mol. The number of ether oxygens (including phenoxy) is 1. The molecule has 2 nitrogen and oxygen atoms in total. The van der Waals surface area contributed by atoms with Gasteiger partial charge in [-0.3, -0.25) is 0 Å². The van der Waals surface area contributed by atoms with E-state index in [1.807, 2.05) is 37.3 Å². The molecule has 1 N–H and O–H groups in total. The second kappa shape index (κ2) is 7.01. The molecule has 4 heteroatoms. The summed E-state index contributed by atoms with van der Waals surface area (Å²) < 4.78 is 32.0. The maximum absolute atomic E-state index is 13.5. The van der Waals surface area contributed by atoms with E-state index in [4.69, 9.17) is 4.74 Å². The van der Waals surface area contributed by atoms with E-state index in [0.717, 1.165) is 18.2 Å². The molecule has 0 saturated carbocycles. The first-order valence-corrected chi connectivity index (χ1v) is 6.57. The first kappa shape index (κ1) is 14.5. The van der Waals surface area contributed by atoms with Gasteiger partial charge in [0.2, 0.25) is 5.82 Å². The third-order valence-electron chi connectivity index (χ3n) is 2.97. The highest BCUT2D eigenvalue weighted by Crippen LogP contribution is 2.21. The van der Waals surface area contributed by atoms with Gasteiger partial charge in [-0.1, -0.05) is 43.3 Å². The number of hydrogen-bond acceptors (Lipinski definition) is 2. The summed E-state index contributed by atoms with van der Waals surface area (Å²) in [6, 6.07) is 13.6. The summed E-state index contributed by atoms with van der Waals surface area (Å²) >= 11 is 0. The van der Waals surface area contributed by atoms with E-state index in [1.54, 1.807) is 0 Å². The van der Waals surface area contributed by atoms with Crippen LogP contribution in [0, 0.1) is 11.6 Å². The number of hydrogen-bond donors (Lipinski definition) is 1. The molecule has 0 spiro atoms. The van der Waals surface area contributed by atoms with E-state index >= 15 is 0 Å². The van der Waals surface area contributed by atoms with Gasteiger partial charge in [0.25, 0.3) is 0 Å². The quantitative estimate of drug-likeness (QED) is 0.869. The maximum atomic E-state index is 13.5. The third-order valence-corrected chi connectivity index (χ3v) is 2.97. The van der Waals surface area contributed by atoms with Gasteiger partial charge >= 0.3 is 0 Å². The Hall–Kier alpha value is -1.94. The van der Waals surface area contributed by atoms with Crippen LogP contribution in [0.5, 0.6) is 5.75 Å². The van der Waals surface area contributed by atoms with Gasteiger partial charge < -0.3 is 10.1 Å². The molecule has 0 aliphatic carbocycles. The van der Waals surface area contributed by atoms with Crippen LogP contribution in [-0.2, 0) is 0 Å². The van der Waals surface area contributed by atoms with Crippen molar-refractivity contribution in [1.29, 1.82) is 0 Å². The van der Waals surface area contributed by atoms with E-state index in [0.29, 0.717) is 0 Å². The minimum absolute atomic E-state index is 0.0659. The summed E-state index contributed by atoms with van der Waals surface area (Å²) in [5, 5.41) is 3.26. The number of halogens is 2. The highest BCUT2D eigenvalue weighted by atomic mass is 19.2. The van der Waals surface area contributed by atoms with Gasteiger partial charge in [-0.25, -0.2) is 4.39 Å². The van der Waals surface area contributed by atoms with Crippen LogP contribution < -0.4 is 10.1 Å². The van der Waals surface area contributed by atoms with Gasteiger partial charge in [0.15, 0.2) is 11.6 Å². The first-order chi connectivity index (χ1) is 9.72. The Morgan fingerprint density at radius 3 is 2.50 bits per heavy atom. The Labute approximate surface area is 117 Å². The topological polar surface area (TPSA) is 21.3 Å². The zero-order valence-electron chi connectivity index (χ0n) is 11.3. The zero-order valence-corrected chi connectivity index (χ0v) is 11.3. The molecular weight excluding hydrogens is 260 g/mol. The van der Waals surface area contributed by atoms with Crippen molar-refractivity contribution < 1.29 is 13.5 Å². The zero-order chi connectivity index (χ0) is 14.4. The molecule has 1 unspecified atom stereocenters. The van der Waals surface area contributed by atoms with Crippen LogP contribution in [0.15, 0.2) is 48.5 Å². The number of likely N-dealkylation sites (N-methyl/N-ethyl adjacent to an activating group) is 1. The van der Waals surface area contributed by atoms with Crippen molar-refractivity contribution in [2.75, 3.05) is 13.2 Å². The number of rotatable bonds is 6. The van der Waals surface area contributed by atoms with Gasteiger partial charge in [-0.05, 0) is 24.2 Å². The van der Waals surface area contributed by atoms with Crippen molar-refractivity contribution >= 4 is 0 Å². The fourth-order valence-corrected chi connectivity index (χ4v) is 1.97. The highest BCUT2D eigenvalue weighted by molar-refractivity contribution is 5.26. The number of benzene rings is 2. The Morgan fingerprint density at radius 2 is 1.80 bits per heavy atom. The lowest BCUT2D eigenvalue weighted by atomic mass is 10.1. The van der Waals surface area contributed by atoms with Crippen LogP contribution in [-0.4, -0.2) is 13.2 Å². The van der Waals surface area contributed by atoms with Crippen molar-refractivity contribution in [2.24, 2.45) is 0 Å². The molecule has 106 valence electrons. The smallest absolute Gasteiger partial charge is 0.200 e. The van der Waals surface area contributed by atoms with Gasteiger partial charge in [-0.15, -0.1) is 0 Å². The van der Waals surface area contributed by atoms with Crippen LogP contribution in [0.2, 0.25) is 0 Å². The van der Waals surface area contributed by atoms with E-state index < -0.39 is 11.6 Å². The lowest BCUT2D eigenvalue weighted by molar-refractivity contribution is 0.253. The Kier molecular flexibility index (Phi) is 5.07. The second-order valence-electron chi connectivity index (χ2n) is 4.38. The predicted octanol–water partition coefficient (Wildman–Crippen LogP) is 3.69. The lowest BCUT2D eigenvalue weighted by Gasteiger charge is -2.19. The van der Waals surface area contributed by atoms with Crippen LogP contribution in [0.3, 0.4) is 0 Å². The standard InChI is InChI=1S/C16H17F2NO/c1-2-19-14(12-7-4-3-5-8-12)11-20-15-10-6-9-13(17)16(15)18/h3-10,14,19H,2,11H2,1H3. The number of nitrogens with one attached hydrogen (secondary N) is 1. The average Bonchev–Trinajstić information content (AvgIpc) is 2.48. The second-order valence-corrected chi connectivity index (χ2v) is 4.38. The fourth-order valence-electron chi connectivity index (χ4n) is 1.97. The summed E-state index contributed by atoms with van der Waals surface area (Å²) in [5.74, 6) is -1.91. The molecule has 0 aliphatic heterocycles. The van der Waals surface area contributed by atoms with E-state index in [9.17, 15) is 8.78 Å². The lowest BCUT2D eigenvalue weighted by Crippen LogP contribution is -2.26. The molecule has 0 saturated heterocycles. The fraction of sp³-hybridized carbons (Fsp3) is 0.250. The predicted molar refractivity (Wildman–Crippen MR) is 74.7 cm³/mol. The van der Waals surface area contributed by atoms with Crippen LogP contribution in [0.4, 0.5) is 8.78 Å². The van der Waals surface area contributed by atoms with E-state index in [1.165, 1.54) is 12.1 Å². The minimum atomic E-state index is -0.948. The highest BCUT2D eigenvalue weighted by Gasteiger charge is 2.13. The van der Waals surface area contributed by atoms with Crippen molar-refractivity contribution in [1.82, 2.24) is 5.32 Å². The van der Waals surface area contributed by atoms with Crippen LogP contribution >= 0.6 is 0 Å². The molecule has 0 heterocycles. The molecule has 0 aliphatic rings. The van der Waals surface area contributed by atoms with Gasteiger partial charge in [0.05, 0.1) is 6.04 Å².